The number of pyridine rings is 1. The van der Waals surface area contributed by atoms with Crippen molar-refractivity contribution in [1.82, 2.24) is 9.55 Å². The van der Waals surface area contributed by atoms with Crippen LogP contribution in [0, 0.1) is 0 Å². The first-order valence-corrected chi connectivity index (χ1v) is 15.6. The van der Waals surface area contributed by atoms with Crippen LogP contribution in [0.3, 0.4) is 0 Å². The van der Waals surface area contributed by atoms with Gasteiger partial charge in [0.15, 0.2) is 0 Å². The molecule has 0 aliphatic heterocycles. The van der Waals surface area contributed by atoms with Crippen LogP contribution in [0.15, 0.2) is 162 Å². The maximum atomic E-state index is 6.57. The van der Waals surface area contributed by atoms with Gasteiger partial charge in [0, 0.05) is 45.2 Å². The lowest BCUT2D eigenvalue weighted by atomic mass is 9.93. The molecule has 0 aliphatic rings. The molecule has 3 heterocycles. The van der Waals surface area contributed by atoms with Crippen molar-refractivity contribution < 1.29 is 4.42 Å². The molecule has 10 rings (SSSR count). The quantitative estimate of drug-likeness (QED) is 0.206. The first-order valence-electron chi connectivity index (χ1n) is 15.6. The van der Waals surface area contributed by atoms with E-state index in [1.165, 1.54) is 43.4 Å². The second-order valence-electron chi connectivity index (χ2n) is 11.9. The van der Waals surface area contributed by atoms with Gasteiger partial charge in [0.1, 0.15) is 11.2 Å². The molecule has 0 N–H and O–H groups in total. The number of furan rings is 1. The molecule has 0 saturated heterocycles. The van der Waals surface area contributed by atoms with Crippen molar-refractivity contribution in [3.8, 4) is 27.9 Å². The lowest BCUT2D eigenvalue weighted by molar-refractivity contribution is 0.669. The van der Waals surface area contributed by atoms with E-state index in [1.807, 2.05) is 18.5 Å². The van der Waals surface area contributed by atoms with Crippen LogP contribution < -0.4 is 0 Å². The van der Waals surface area contributed by atoms with Gasteiger partial charge in [0.2, 0.25) is 0 Å². The summed E-state index contributed by atoms with van der Waals surface area (Å²) >= 11 is 0. The molecule has 0 saturated carbocycles. The zero-order valence-electron chi connectivity index (χ0n) is 24.8. The average molecular weight is 587 g/mol. The van der Waals surface area contributed by atoms with E-state index < -0.39 is 0 Å². The molecule has 10 aromatic rings. The highest BCUT2D eigenvalue weighted by Crippen LogP contribution is 2.44. The number of para-hydroxylation sites is 1. The Kier molecular flexibility index (Phi) is 5.28. The highest BCUT2D eigenvalue weighted by molar-refractivity contribution is 6.25. The first kappa shape index (κ1) is 25.2. The van der Waals surface area contributed by atoms with Crippen molar-refractivity contribution in [2.24, 2.45) is 0 Å². The van der Waals surface area contributed by atoms with Gasteiger partial charge in [-0.15, -0.1) is 0 Å². The summed E-state index contributed by atoms with van der Waals surface area (Å²) in [5.74, 6) is 0. The number of rotatable bonds is 3. The minimum Gasteiger partial charge on any atom is -0.456 e. The number of hydrogen-bond donors (Lipinski definition) is 0. The van der Waals surface area contributed by atoms with Gasteiger partial charge in [-0.25, -0.2) is 0 Å². The van der Waals surface area contributed by atoms with E-state index in [4.69, 9.17) is 4.42 Å². The summed E-state index contributed by atoms with van der Waals surface area (Å²) in [6, 6.07) is 52.1. The minimum absolute atomic E-state index is 0.882. The van der Waals surface area contributed by atoms with Crippen molar-refractivity contribution in [3.63, 3.8) is 0 Å². The lowest BCUT2D eigenvalue weighted by Gasteiger charge is -2.12. The molecule has 0 fully saturated rings. The van der Waals surface area contributed by atoms with Crippen LogP contribution in [-0.2, 0) is 0 Å². The summed E-state index contributed by atoms with van der Waals surface area (Å²) in [5.41, 5.74) is 9.85. The molecule has 0 amide bonds. The average Bonchev–Trinajstić information content (AvgIpc) is 3.68. The topological polar surface area (TPSA) is 31.0 Å². The smallest absolute Gasteiger partial charge is 0.136 e. The Morgan fingerprint density at radius 1 is 0.457 bits per heavy atom. The Hall–Kier alpha value is -6.19. The van der Waals surface area contributed by atoms with E-state index in [1.54, 1.807) is 0 Å². The van der Waals surface area contributed by atoms with E-state index in [0.717, 1.165) is 49.9 Å². The molecular formula is C43H26N2O. The largest absolute Gasteiger partial charge is 0.456 e. The fourth-order valence-electron chi connectivity index (χ4n) is 7.49. The zero-order chi connectivity index (χ0) is 30.2. The van der Waals surface area contributed by atoms with Crippen molar-refractivity contribution >= 4 is 65.3 Å². The fourth-order valence-corrected chi connectivity index (χ4v) is 7.49. The molecule has 0 bridgehead atoms. The van der Waals surface area contributed by atoms with Gasteiger partial charge in [0.05, 0.1) is 11.0 Å². The Balaban J connectivity index is 1.18. The van der Waals surface area contributed by atoms with Crippen LogP contribution in [0.25, 0.3) is 93.2 Å². The van der Waals surface area contributed by atoms with Crippen LogP contribution in [0.5, 0.6) is 0 Å². The molecule has 3 nitrogen and oxygen atoms in total. The number of fused-ring (bicyclic) bond motifs is 10. The molecule has 3 heteroatoms. The Morgan fingerprint density at radius 3 is 2.09 bits per heavy atom. The lowest BCUT2D eigenvalue weighted by Crippen LogP contribution is -1.94. The molecule has 3 aromatic heterocycles. The molecule has 0 radical (unpaired) electrons. The third-order valence-corrected chi connectivity index (χ3v) is 9.48. The number of nitrogens with zero attached hydrogens (tertiary/aromatic N) is 2. The van der Waals surface area contributed by atoms with Crippen molar-refractivity contribution in [2.45, 2.75) is 0 Å². The molecule has 0 unspecified atom stereocenters. The highest BCUT2D eigenvalue weighted by Gasteiger charge is 2.19. The molecule has 214 valence electrons. The second kappa shape index (κ2) is 9.65. The van der Waals surface area contributed by atoms with E-state index in [-0.39, 0.29) is 0 Å². The van der Waals surface area contributed by atoms with Gasteiger partial charge in [-0.2, -0.15) is 0 Å². The van der Waals surface area contributed by atoms with Crippen LogP contribution in [-0.4, -0.2) is 9.55 Å². The molecular weight excluding hydrogens is 560 g/mol. The maximum absolute atomic E-state index is 6.57. The van der Waals surface area contributed by atoms with Crippen LogP contribution in [0.4, 0.5) is 0 Å². The van der Waals surface area contributed by atoms with Gasteiger partial charge < -0.3 is 8.98 Å². The van der Waals surface area contributed by atoms with Crippen LogP contribution in [0.1, 0.15) is 0 Å². The second-order valence-corrected chi connectivity index (χ2v) is 11.9. The molecule has 0 atom stereocenters. The van der Waals surface area contributed by atoms with Gasteiger partial charge >= 0.3 is 0 Å². The Morgan fingerprint density at radius 2 is 1.24 bits per heavy atom. The highest BCUT2D eigenvalue weighted by atomic mass is 16.3. The van der Waals surface area contributed by atoms with Gasteiger partial charge in [0.25, 0.3) is 0 Å². The van der Waals surface area contributed by atoms with Crippen molar-refractivity contribution in [3.05, 3.63) is 158 Å². The summed E-state index contributed by atoms with van der Waals surface area (Å²) in [7, 11) is 0. The number of benzene rings is 7. The Bertz CT molecular complexity index is 2790. The minimum atomic E-state index is 0.882. The van der Waals surface area contributed by atoms with E-state index in [2.05, 4.69) is 149 Å². The predicted molar refractivity (Wildman–Crippen MR) is 192 cm³/mol. The van der Waals surface area contributed by atoms with E-state index in [9.17, 15) is 0 Å². The van der Waals surface area contributed by atoms with Crippen molar-refractivity contribution in [2.75, 3.05) is 0 Å². The van der Waals surface area contributed by atoms with E-state index in [0.29, 0.717) is 0 Å². The first-order chi connectivity index (χ1) is 22.8. The predicted octanol–water partition coefficient (Wildman–Crippen LogP) is 11.7. The number of hydrogen-bond acceptors (Lipinski definition) is 2. The monoisotopic (exact) mass is 586 g/mol. The van der Waals surface area contributed by atoms with E-state index >= 15 is 0 Å². The Labute approximate surface area is 264 Å². The summed E-state index contributed by atoms with van der Waals surface area (Å²) in [5, 5.41) is 9.76. The summed E-state index contributed by atoms with van der Waals surface area (Å²) in [6.45, 7) is 0. The molecule has 0 spiro atoms. The summed E-state index contributed by atoms with van der Waals surface area (Å²) in [4.78, 5) is 4.39. The van der Waals surface area contributed by atoms with Crippen molar-refractivity contribution in [1.29, 1.82) is 0 Å². The fraction of sp³-hybridized carbons (Fsp3) is 0. The standard InChI is InChI=1S/C43H26N2O/c1-2-11-31-27(9-1)20-23-38-41(31)35-14-5-6-16-37(35)45(38)30-21-18-28(19-22-30)36-25-40-43(34-13-4-3-12-33(34)36)42-32(15-7-17-39(42)46-40)29-10-8-24-44-26-29/h1-26H. The van der Waals surface area contributed by atoms with Gasteiger partial charge in [-0.3, -0.25) is 4.98 Å². The summed E-state index contributed by atoms with van der Waals surface area (Å²) in [6.07, 6.45) is 3.73. The SMILES string of the molecule is c1cncc(-c2cccc3oc4cc(-c5ccc(-n6c7ccccc7c7c8ccccc8ccc76)cc5)c5ccccc5c4c23)c1. The van der Waals surface area contributed by atoms with Gasteiger partial charge in [-0.05, 0) is 80.7 Å². The normalized spacial score (nSPS) is 11.9. The van der Waals surface area contributed by atoms with Crippen LogP contribution >= 0.6 is 0 Å². The van der Waals surface area contributed by atoms with Gasteiger partial charge in [-0.1, -0.05) is 103 Å². The summed E-state index contributed by atoms with van der Waals surface area (Å²) < 4.78 is 8.96. The third kappa shape index (κ3) is 3.57. The maximum Gasteiger partial charge on any atom is 0.136 e. The zero-order valence-corrected chi connectivity index (χ0v) is 24.8. The number of aromatic nitrogens is 2. The molecule has 0 aliphatic carbocycles. The molecule has 46 heavy (non-hydrogen) atoms. The van der Waals surface area contributed by atoms with Crippen LogP contribution in [0.2, 0.25) is 0 Å². The molecule has 7 aromatic carbocycles. The third-order valence-electron chi connectivity index (χ3n) is 9.48.